The van der Waals surface area contributed by atoms with E-state index in [4.69, 9.17) is 0 Å². The van der Waals surface area contributed by atoms with E-state index in [9.17, 15) is 17.6 Å². The van der Waals surface area contributed by atoms with Gasteiger partial charge in [0.25, 0.3) is 0 Å². The second-order valence-corrected chi connectivity index (χ2v) is 9.86. The number of rotatable bonds is 3. The molecule has 1 unspecified atom stereocenters. The van der Waals surface area contributed by atoms with E-state index in [1.165, 1.54) is 23.9 Å². The van der Waals surface area contributed by atoms with Crippen LogP contribution in [0.4, 0.5) is 4.39 Å². The number of hydrogen-bond donors (Lipinski definition) is 0. The molecule has 2 heterocycles. The average molecular weight is 391 g/mol. The monoisotopic (exact) mass is 390 g/mol. The van der Waals surface area contributed by atoms with Crippen molar-refractivity contribution >= 4 is 39.5 Å². The number of carbonyl (C=O) groups excluding carboxylic acids is 1. The van der Waals surface area contributed by atoms with Crippen LogP contribution in [-0.4, -0.2) is 65.8 Å². The van der Waals surface area contributed by atoms with Gasteiger partial charge in [-0.1, -0.05) is 6.07 Å². The number of thioether (sulfide) groups is 2. The average Bonchev–Trinajstić information content (AvgIpc) is 3.07. The predicted octanol–water partition coefficient (Wildman–Crippen LogP) is 1.77. The second kappa shape index (κ2) is 7.23. The molecule has 0 saturated carbocycles. The molecule has 0 aliphatic carbocycles. The summed E-state index contributed by atoms with van der Waals surface area (Å²) in [6, 6.07) is 3.26. The molecule has 2 saturated heterocycles. The van der Waals surface area contributed by atoms with Gasteiger partial charge in [-0.05, 0) is 24.6 Å². The lowest BCUT2D eigenvalue weighted by Crippen LogP contribution is -2.51. The largest absolute Gasteiger partial charge is 0.340 e. The maximum atomic E-state index is 14.1. The Kier molecular flexibility index (Phi) is 5.43. The van der Waals surface area contributed by atoms with Crippen LogP contribution in [0.3, 0.4) is 0 Å². The third-order valence-electron chi connectivity index (χ3n) is 4.12. The normalized spacial score (nSPS) is 22.8. The van der Waals surface area contributed by atoms with Gasteiger partial charge in [0.2, 0.25) is 15.9 Å². The lowest BCUT2D eigenvalue weighted by atomic mass is 10.2. The molecule has 9 heteroatoms. The van der Waals surface area contributed by atoms with Crippen LogP contribution in [0.15, 0.2) is 23.1 Å². The Morgan fingerprint density at radius 1 is 1.25 bits per heavy atom. The summed E-state index contributed by atoms with van der Waals surface area (Å²) in [5.74, 6) is 1.37. The molecular weight excluding hydrogens is 371 g/mol. The zero-order valence-corrected chi connectivity index (χ0v) is 15.7. The fraction of sp³-hybridized carbons (Fsp3) is 0.533. The van der Waals surface area contributed by atoms with Gasteiger partial charge in [-0.2, -0.15) is 16.1 Å². The first kappa shape index (κ1) is 18.0. The van der Waals surface area contributed by atoms with E-state index in [0.29, 0.717) is 24.4 Å². The zero-order chi connectivity index (χ0) is 17.3. The van der Waals surface area contributed by atoms with Crippen LogP contribution in [0.1, 0.15) is 5.56 Å². The molecule has 2 fully saturated rings. The Morgan fingerprint density at radius 2 is 1.96 bits per heavy atom. The van der Waals surface area contributed by atoms with Crippen molar-refractivity contribution in [2.24, 2.45) is 0 Å². The van der Waals surface area contributed by atoms with Gasteiger partial charge in [0.15, 0.2) is 0 Å². The summed E-state index contributed by atoms with van der Waals surface area (Å²) < 4.78 is 41.0. The molecule has 1 aromatic rings. The van der Waals surface area contributed by atoms with E-state index in [1.54, 1.807) is 23.6 Å². The first-order chi connectivity index (χ1) is 11.4. The summed E-state index contributed by atoms with van der Waals surface area (Å²) in [4.78, 5) is 14.1. The summed E-state index contributed by atoms with van der Waals surface area (Å²) in [6.45, 7) is 2.99. The maximum absolute atomic E-state index is 14.1. The Balaban J connectivity index is 1.89. The van der Waals surface area contributed by atoms with Gasteiger partial charge >= 0.3 is 0 Å². The van der Waals surface area contributed by atoms with E-state index in [1.807, 2.05) is 0 Å². The Labute approximate surface area is 150 Å². The molecule has 2 aliphatic heterocycles. The minimum atomic E-state index is -4.04. The Morgan fingerprint density at radius 3 is 2.67 bits per heavy atom. The molecule has 0 aromatic heterocycles. The third kappa shape index (κ3) is 3.44. The molecule has 24 heavy (non-hydrogen) atoms. The van der Waals surface area contributed by atoms with E-state index in [2.05, 4.69) is 0 Å². The molecule has 0 spiro atoms. The Hall–Kier alpha value is -0.770. The van der Waals surface area contributed by atoms with Crippen LogP contribution in [0.5, 0.6) is 0 Å². The van der Waals surface area contributed by atoms with Crippen LogP contribution in [-0.2, 0) is 14.8 Å². The van der Waals surface area contributed by atoms with Crippen molar-refractivity contribution in [2.45, 2.75) is 17.9 Å². The summed E-state index contributed by atoms with van der Waals surface area (Å²) >= 11 is 3.17. The fourth-order valence-corrected chi connectivity index (χ4v) is 6.98. The van der Waals surface area contributed by atoms with Crippen molar-refractivity contribution in [1.29, 1.82) is 0 Å². The SMILES string of the molecule is Cc1ccc(F)c(S(=O)(=O)N2CSCC2C(=O)N2CCSCC2)c1. The summed E-state index contributed by atoms with van der Waals surface area (Å²) in [6.07, 6.45) is 0. The standard InChI is InChI=1S/C15H19FN2O3S3/c1-11-2-3-12(16)14(8-11)24(20,21)18-10-23-9-13(18)15(19)17-4-6-22-7-5-17/h2-3,8,13H,4-7,9-10H2,1H3. The van der Waals surface area contributed by atoms with E-state index in [0.717, 1.165) is 21.9 Å². The van der Waals surface area contributed by atoms with Crippen molar-refractivity contribution in [3.8, 4) is 0 Å². The first-order valence-electron chi connectivity index (χ1n) is 7.63. The molecule has 1 amide bonds. The Bertz CT molecular complexity index is 735. The highest BCUT2D eigenvalue weighted by Crippen LogP contribution is 2.31. The zero-order valence-electron chi connectivity index (χ0n) is 13.3. The fourth-order valence-electron chi connectivity index (χ4n) is 2.79. The topological polar surface area (TPSA) is 57.7 Å². The number of nitrogens with zero attached hydrogens (tertiary/aromatic N) is 2. The van der Waals surface area contributed by atoms with Gasteiger partial charge < -0.3 is 4.90 Å². The molecule has 0 radical (unpaired) electrons. The summed E-state index contributed by atoms with van der Waals surface area (Å²) in [5.41, 5.74) is 0.665. The molecule has 5 nitrogen and oxygen atoms in total. The highest BCUT2D eigenvalue weighted by atomic mass is 32.2. The minimum Gasteiger partial charge on any atom is -0.340 e. The number of carbonyl (C=O) groups is 1. The smallest absolute Gasteiger partial charge is 0.247 e. The molecule has 1 aromatic carbocycles. The summed E-state index contributed by atoms with van der Waals surface area (Å²) in [7, 11) is -4.04. The van der Waals surface area contributed by atoms with Gasteiger partial charge in [0.1, 0.15) is 16.8 Å². The highest BCUT2D eigenvalue weighted by molar-refractivity contribution is 8.00. The number of hydrogen-bond acceptors (Lipinski definition) is 5. The quantitative estimate of drug-likeness (QED) is 0.787. The molecule has 132 valence electrons. The third-order valence-corrected chi connectivity index (χ3v) is 8.11. The van der Waals surface area contributed by atoms with Gasteiger partial charge in [0, 0.05) is 30.3 Å². The minimum absolute atomic E-state index is 0.170. The maximum Gasteiger partial charge on any atom is 0.247 e. The number of amides is 1. The molecule has 3 rings (SSSR count). The van der Waals surface area contributed by atoms with Crippen molar-refractivity contribution in [1.82, 2.24) is 9.21 Å². The van der Waals surface area contributed by atoms with E-state index < -0.39 is 21.9 Å². The van der Waals surface area contributed by atoms with Gasteiger partial charge in [-0.25, -0.2) is 12.8 Å². The van der Waals surface area contributed by atoms with E-state index >= 15 is 0 Å². The number of aryl methyl sites for hydroxylation is 1. The van der Waals surface area contributed by atoms with Crippen LogP contribution in [0.25, 0.3) is 0 Å². The van der Waals surface area contributed by atoms with E-state index in [-0.39, 0.29) is 16.7 Å². The molecular formula is C15H19FN2O3S3. The van der Waals surface area contributed by atoms with Crippen molar-refractivity contribution in [3.63, 3.8) is 0 Å². The van der Waals surface area contributed by atoms with Crippen LogP contribution in [0.2, 0.25) is 0 Å². The molecule has 0 N–H and O–H groups in total. The number of sulfonamides is 1. The lowest BCUT2D eigenvalue weighted by molar-refractivity contribution is -0.133. The van der Waals surface area contributed by atoms with Gasteiger partial charge in [0.05, 0.1) is 5.88 Å². The second-order valence-electron chi connectivity index (χ2n) is 5.78. The van der Waals surface area contributed by atoms with Crippen molar-refractivity contribution in [3.05, 3.63) is 29.6 Å². The predicted molar refractivity (Wildman–Crippen MR) is 95.2 cm³/mol. The summed E-state index contributed by atoms with van der Waals surface area (Å²) in [5, 5.41) is 0. The first-order valence-corrected chi connectivity index (χ1v) is 11.4. The van der Waals surface area contributed by atoms with Gasteiger partial charge in [-0.15, -0.1) is 11.8 Å². The lowest BCUT2D eigenvalue weighted by Gasteiger charge is -2.31. The van der Waals surface area contributed by atoms with Crippen LogP contribution in [0, 0.1) is 12.7 Å². The molecule has 1 atom stereocenters. The highest BCUT2D eigenvalue weighted by Gasteiger charge is 2.42. The number of halogens is 1. The van der Waals surface area contributed by atoms with Crippen LogP contribution < -0.4 is 0 Å². The van der Waals surface area contributed by atoms with Crippen molar-refractivity contribution < 1.29 is 17.6 Å². The van der Waals surface area contributed by atoms with Crippen molar-refractivity contribution in [2.75, 3.05) is 36.2 Å². The van der Waals surface area contributed by atoms with Crippen LogP contribution >= 0.6 is 23.5 Å². The molecule has 0 bridgehead atoms. The van der Waals surface area contributed by atoms with Gasteiger partial charge in [-0.3, -0.25) is 4.79 Å². The number of benzene rings is 1. The molecule has 2 aliphatic rings.